The normalized spacial score (nSPS) is 13.9. The first-order valence-corrected chi connectivity index (χ1v) is 10.8. The molecule has 1 aliphatic rings. The van der Waals surface area contributed by atoms with Crippen LogP contribution >= 0.6 is 0 Å². The highest BCUT2D eigenvalue weighted by atomic mass is 32.2. The highest BCUT2D eigenvalue weighted by Crippen LogP contribution is 2.30. The number of unbranched alkanes of at least 4 members (excludes halogenated alkanes) is 2. The van der Waals surface area contributed by atoms with Gasteiger partial charge in [-0.05, 0) is 55.3 Å². The Kier molecular flexibility index (Phi) is 6.16. The zero-order valence-corrected chi connectivity index (χ0v) is 15.9. The zero-order chi connectivity index (χ0) is 18.4. The topological polar surface area (TPSA) is 67.4 Å². The van der Waals surface area contributed by atoms with E-state index in [1.807, 2.05) is 12.1 Å². The van der Waals surface area contributed by atoms with Crippen LogP contribution in [0, 0.1) is 0 Å². The van der Waals surface area contributed by atoms with Crippen molar-refractivity contribution >= 4 is 15.7 Å². The monoisotopic (exact) mass is 374 g/mol. The molecule has 0 spiro atoms. The lowest BCUT2D eigenvalue weighted by atomic mass is 10.0. The fourth-order valence-corrected chi connectivity index (χ4v) is 4.26. The van der Waals surface area contributed by atoms with E-state index in [-0.39, 0.29) is 5.75 Å². The number of rotatable bonds is 8. The van der Waals surface area contributed by atoms with Crippen molar-refractivity contribution in [1.82, 2.24) is 5.32 Å². The van der Waals surface area contributed by atoms with Gasteiger partial charge in [-0.1, -0.05) is 31.9 Å². The van der Waals surface area contributed by atoms with Crippen molar-refractivity contribution in [2.45, 2.75) is 39.2 Å². The molecule has 0 radical (unpaired) electrons. The molecule has 1 heterocycles. The smallest absolute Gasteiger partial charge is 0.232 e. The number of anilines is 1. The third kappa shape index (κ3) is 4.99. The fraction of sp³-hybridized carbons (Fsp3) is 0.400. The largest absolute Gasteiger partial charge is 0.457 e. The van der Waals surface area contributed by atoms with Crippen molar-refractivity contribution in [1.29, 1.82) is 0 Å². The van der Waals surface area contributed by atoms with Gasteiger partial charge in [0.15, 0.2) is 0 Å². The third-order valence-corrected chi connectivity index (χ3v) is 5.84. The summed E-state index contributed by atoms with van der Waals surface area (Å²) in [4.78, 5) is 0. The Labute approximate surface area is 155 Å². The van der Waals surface area contributed by atoms with E-state index in [1.54, 1.807) is 24.3 Å². The molecule has 0 fully saturated rings. The minimum atomic E-state index is -3.29. The molecule has 0 aliphatic carbocycles. The van der Waals surface area contributed by atoms with Crippen LogP contribution in [0.3, 0.4) is 0 Å². The summed E-state index contributed by atoms with van der Waals surface area (Å²) in [5, 5.41) is 3.36. The van der Waals surface area contributed by atoms with Gasteiger partial charge in [-0.25, -0.2) is 8.42 Å². The quantitative estimate of drug-likeness (QED) is 0.684. The van der Waals surface area contributed by atoms with Crippen LogP contribution in [0.2, 0.25) is 0 Å². The molecular formula is C20H26N2O3S. The van der Waals surface area contributed by atoms with E-state index >= 15 is 0 Å². The van der Waals surface area contributed by atoms with E-state index in [4.69, 9.17) is 4.74 Å². The lowest BCUT2D eigenvalue weighted by molar-refractivity contribution is 0.469. The zero-order valence-electron chi connectivity index (χ0n) is 15.1. The van der Waals surface area contributed by atoms with E-state index in [9.17, 15) is 8.42 Å². The highest BCUT2D eigenvalue weighted by Gasteiger charge is 2.14. The standard InChI is InChI=1S/C20H26N2O3S/c1-2-3-4-14-26(23,24)22-17-8-10-18(11-9-17)25-20-7-5-6-16-15-21-13-12-19(16)20/h5-11,21-22H,2-4,12-15H2,1H3. The minimum Gasteiger partial charge on any atom is -0.457 e. The summed E-state index contributed by atoms with van der Waals surface area (Å²) in [5.74, 6) is 1.73. The maximum atomic E-state index is 12.1. The van der Waals surface area contributed by atoms with Gasteiger partial charge >= 0.3 is 0 Å². The highest BCUT2D eigenvalue weighted by molar-refractivity contribution is 7.92. The molecule has 6 heteroatoms. The average Bonchev–Trinajstić information content (AvgIpc) is 2.63. The number of fused-ring (bicyclic) bond motifs is 1. The number of sulfonamides is 1. The van der Waals surface area contributed by atoms with Crippen LogP contribution in [-0.4, -0.2) is 20.7 Å². The molecule has 1 aliphatic heterocycles. The van der Waals surface area contributed by atoms with Crippen LogP contribution in [0.1, 0.15) is 37.3 Å². The van der Waals surface area contributed by atoms with Gasteiger partial charge < -0.3 is 10.1 Å². The van der Waals surface area contributed by atoms with Crippen LogP contribution in [0.4, 0.5) is 5.69 Å². The van der Waals surface area contributed by atoms with Crippen molar-refractivity contribution in [3.63, 3.8) is 0 Å². The van der Waals surface area contributed by atoms with Crippen LogP contribution in [0.5, 0.6) is 11.5 Å². The summed E-state index contributed by atoms with van der Waals surface area (Å²) < 4.78 is 32.8. The fourth-order valence-electron chi connectivity index (χ4n) is 3.08. The van der Waals surface area contributed by atoms with Gasteiger partial charge in [0.25, 0.3) is 0 Å². The Morgan fingerprint density at radius 3 is 2.69 bits per heavy atom. The second-order valence-corrected chi connectivity index (χ2v) is 8.42. The summed E-state index contributed by atoms with van der Waals surface area (Å²) in [6.45, 7) is 3.87. The molecule has 3 rings (SSSR count). The van der Waals surface area contributed by atoms with Gasteiger partial charge in [-0.15, -0.1) is 0 Å². The number of hydrogen-bond acceptors (Lipinski definition) is 4. The van der Waals surface area contributed by atoms with Crippen molar-refractivity contribution in [2.24, 2.45) is 0 Å². The molecule has 0 saturated carbocycles. The van der Waals surface area contributed by atoms with Gasteiger partial charge in [0.05, 0.1) is 5.75 Å². The molecule has 0 amide bonds. The Hall–Kier alpha value is -2.05. The second-order valence-electron chi connectivity index (χ2n) is 6.58. The molecule has 0 bridgehead atoms. The summed E-state index contributed by atoms with van der Waals surface area (Å²) >= 11 is 0. The molecule has 140 valence electrons. The van der Waals surface area contributed by atoms with Crippen molar-refractivity contribution < 1.29 is 13.2 Å². The molecule has 0 atom stereocenters. The van der Waals surface area contributed by atoms with E-state index < -0.39 is 10.0 Å². The predicted molar refractivity (Wildman–Crippen MR) is 105 cm³/mol. The summed E-state index contributed by atoms with van der Waals surface area (Å²) in [5.41, 5.74) is 3.07. The SMILES string of the molecule is CCCCCS(=O)(=O)Nc1ccc(Oc2cccc3c2CCNC3)cc1. The lowest BCUT2D eigenvalue weighted by Crippen LogP contribution is -2.23. The summed E-state index contributed by atoms with van der Waals surface area (Å²) in [7, 11) is -3.29. The second kappa shape index (κ2) is 8.56. The van der Waals surface area contributed by atoms with Crippen LogP contribution in [-0.2, 0) is 23.0 Å². The lowest BCUT2D eigenvalue weighted by Gasteiger charge is -2.20. The first kappa shape index (κ1) is 18.7. The number of ether oxygens (including phenoxy) is 1. The molecule has 0 aromatic heterocycles. The van der Waals surface area contributed by atoms with Gasteiger partial charge in [0, 0.05) is 17.8 Å². The molecule has 26 heavy (non-hydrogen) atoms. The molecule has 2 aromatic rings. The molecule has 0 saturated heterocycles. The maximum Gasteiger partial charge on any atom is 0.232 e. The van der Waals surface area contributed by atoms with Crippen LogP contribution < -0.4 is 14.8 Å². The third-order valence-electron chi connectivity index (χ3n) is 4.47. The van der Waals surface area contributed by atoms with E-state index in [0.29, 0.717) is 17.9 Å². The number of nitrogens with one attached hydrogen (secondary N) is 2. The molecule has 2 aromatic carbocycles. The Morgan fingerprint density at radius 2 is 1.92 bits per heavy atom. The summed E-state index contributed by atoms with van der Waals surface area (Å²) in [6, 6.07) is 13.2. The van der Waals surface area contributed by atoms with Crippen molar-refractivity contribution in [2.75, 3.05) is 17.0 Å². The van der Waals surface area contributed by atoms with Crippen LogP contribution in [0.25, 0.3) is 0 Å². The molecular weight excluding hydrogens is 348 g/mol. The summed E-state index contributed by atoms with van der Waals surface area (Å²) in [6.07, 6.45) is 3.55. The van der Waals surface area contributed by atoms with E-state index in [1.165, 1.54) is 11.1 Å². The van der Waals surface area contributed by atoms with Crippen molar-refractivity contribution in [3.05, 3.63) is 53.6 Å². The van der Waals surface area contributed by atoms with Gasteiger partial charge in [0.1, 0.15) is 11.5 Å². The Morgan fingerprint density at radius 1 is 1.12 bits per heavy atom. The van der Waals surface area contributed by atoms with E-state index in [0.717, 1.165) is 38.1 Å². The first-order chi connectivity index (χ1) is 12.6. The number of hydrogen-bond donors (Lipinski definition) is 2. The molecule has 5 nitrogen and oxygen atoms in total. The van der Waals surface area contributed by atoms with Gasteiger partial charge in [0.2, 0.25) is 10.0 Å². The number of benzene rings is 2. The van der Waals surface area contributed by atoms with Crippen LogP contribution in [0.15, 0.2) is 42.5 Å². The molecule has 2 N–H and O–H groups in total. The Balaban J connectivity index is 1.65. The molecule has 0 unspecified atom stereocenters. The minimum absolute atomic E-state index is 0.156. The Bertz CT molecular complexity index is 833. The average molecular weight is 375 g/mol. The van der Waals surface area contributed by atoms with E-state index in [2.05, 4.69) is 23.0 Å². The van der Waals surface area contributed by atoms with Gasteiger partial charge in [-0.3, -0.25) is 4.72 Å². The first-order valence-electron chi connectivity index (χ1n) is 9.17. The van der Waals surface area contributed by atoms with Crippen molar-refractivity contribution in [3.8, 4) is 11.5 Å². The predicted octanol–water partition coefficient (Wildman–Crippen LogP) is 4.06. The maximum absolute atomic E-state index is 12.1. The van der Waals surface area contributed by atoms with Gasteiger partial charge in [-0.2, -0.15) is 0 Å².